The van der Waals surface area contributed by atoms with Crippen molar-refractivity contribution in [2.24, 2.45) is 0 Å². The van der Waals surface area contributed by atoms with E-state index in [0.29, 0.717) is 22.3 Å². The number of allylic oxidation sites excluding steroid dienone is 7. The Labute approximate surface area is 331 Å². The zero-order chi connectivity index (χ0) is 41.2. The van der Waals surface area contributed by atoms with E-state index in [1.165, 1.54) is 0 Å². The van der Waals surface area contributed by atoms with Gasteiger partial charge >= 0.3 is 11.9 Å². The topological polar surface area (TPSA) is 99.0 Å². The number of ketones is 1. The molecule has 0 saturated carbocycles. The zero-order valence-corrected chi connectivity index (χ0v) is 34.2. The second kappa shape index (κ2) is 16.8. The summed E-state index contributed by atoms with van der Waals surface area (Å²) in [6.07, 6.45) is 6.39. The number of esters is 2. The number of aryl methyl sites for hydroxylation is 4. The molecule has 290 valence electrons. The molecule has 3 aromatic rings. The van der Waals surface area contributed by atoms with E-state index in [-0.39, 0.29) is 34.8 Å². The second-order valence-electron chi connectivity index (χ2n) is 15.1. The van der Waals surface area contributed by atoms with Crippen molar-refractivity contribution >= 4 is 46.1 Å². The van der Waals surface area contributed by atoms with Crippen LogP contribution in [0.1, 0.15) is 69.4 Å². The van der Waals surface area contributed by atoms with E-state index in [0.717, 1.165) is 45.0 Å². The molecule has 4 unspecified atom stereocenters. The fraction of sp³-hybridized carbons (Fsp3) is 0.292. The fourth-order valence-corrected chi connectivity index (χ4v) is 6.99. The van der Waals surface area contributed by atoms with E-state index in [4.69, 9.17) is 9.47 Å². The number of carbonyl (C=O) groups excluding carboxylic acids is 3. The second-order valence-corrected chi connectivity index (χ2v) is 15.1. The Morgan fingerprint density at radius 2 is 1.25 bits per heavy atom. The van der Waals surface area contributed by atoms with E-state index >= 15 is 0 Å². The first-order valence-electron chi connectivity index (χ1n) is 18.9. The molecule has 0 spiro atoms. The van der Waals surface area contributed by atoms with Crippen LogP contribution < -0.4 is 10.0 Å². The number of nitrogens with zero attached hydrogens (tertiary/aromatic N) is 2. The Kier molecular flexibility index (Phi) is 12.3. The van der Waals surface area contributed by atoms with Gasteiger partial charge in [-0.15, -0.1) is 0 Å². The van der Waals surface area contributed by atoms with Crippen LogP contribution in [0, 0.1) is 27.7 Å². The SMILES string of the molecule is C=C(C)C(=O)OC(C)C(C)N(c1ccc(C2=C([O-])C(=C3C=CC(=[N+](c4ccc(C)cc4C)C(C)C(C)OC(=O)C(=C)C)C=C3)C2=O)cc1)c1ccc(C)cc1C. The standard InChI is InChI=1S/C48H52N2O6/c1-27(2)47(53)55-35(11)33(9)49(41-23-13-29(5)25-31(41)7)39-19-15-37(16-20-39)43-45(51)44(46(43)52)38-17-21-40(22-18-38)50(42-24-14-30(6)26-32(42)8)34(10)36(12)56-48(54)28(3)4/h13-26,33-36H,1,3H2,2,4-12H3. The highest BCUT2D eigenvalue weighted by atomic mass is 16.5. The molecule has 3 aromatic carbocycles. The monoisotopic (exact) mass is 752 g/mol. The highest BCUT2D eigenvalue weighted by Crippen LogP contribution is 2.39. The molecule has 0 N–H and O–H groups in total. The molecule has 2 aliphatic carbocycles. The molecule has 0 saturated heterocycles. The van der Waals surface area contributed by atoms with Gasteiger partial charge in [0.05, 0.1) is 6.04 Å². The molecule has 0 amide bonds. The van der Waals surface area contributed by atoms with Crippen LogP contribution in [-0.2, 0) is 23.9 Å². The number of hydrogen-bond acceptors (Lipinski definition) is 7. The van der Waals surface area contributed by atoms with Crippen LogP contribution in [-0.4, -0.2) is 52.3 Å². The number of ether oxygens (including phenoxy) is 2. The molecule has 5 rings (SSSR count). The molecule has 0 heterocycles. The normalized spacial score (nSPS) is 15.8. The third-order valence-electron chi connectivity index (χ3n) is 10.5. The summed E-state index contributed by atoms with van der Waals surface area (Å²) in [7, 11) is 0. The molecule has 4 atom stereocenters. The predicted octanol–water partition coefficient (Wildman–Crippen LogP) is 8.71. The highest BCUT2D eigenvalue weighted by Gasteiger charge is 2.34. The average molecular weight is 753 g/mol. The van der Waals surface area contributed by atoms with Crippen LogP contribution >= 0.6 is 0 Å². The van der Waals surface area contributed by atoms with Gasteiger partial charge in [-0.25, -0.2) is 9.59 Å². The minimum absolute atomic E-state index is 0.143. The van der Waals surface area contributed by atoms with Crippen molar-refractivity contribution in [2.75, 3.05) is 4.90 Å². The summed E-state index contributed by atoms with van der Waals surface area (Å²) in [6.45, 7) is 26.5. The summed E-state index contributed by atoms with van der Waals surface area (Å²) in [5.41, 5.74) is 9.89. The molecule has 0 aliphatic heterocycles. The maximum Gasteiger partial charge on any atom is 0.333 e. The lowest BCUT2D eigenvalue weighted by Gasteiger charge is -2.36. The van der Waals surface area contributed by atoms with E-state index in [1.54, 1.807) is 38.1 Å². The van der Waals surface area contributed by atoms with Gasteiger partial charge < -0.3 is 19.5 Å². The van der Waals surface area contributed by atoms with Crippen LogP contribution in [0.15, 0.2) is 126 Å². The van der Waals surface area contributed by atoms with Crippen molar-refractivity contribution in [3.05, 3.63) is 154 Å². The lowest BCUT2D eigenvalue weighted by molar-refractivity contribution is -0.491. The van der Waals surface area contributed by atoms with Crippen LogP contribution in [0.5, 0.6) is 0 Å². The van der Waals surface area contributed by atoms with E-state index in [2.05, 4.69) is 34.8 Å². The molecule has 0 bridgehead atoms. The fourth-order valence-electron chi connectivity index (χ4n) is 6.99. The van der Waals surface area contributed by atoms with Crippen molar-refractivity contribution in [1.82, 2.24) is 0 Å². The van der Waals surface area contributed by atoms with Crippen molar-refractivity contribution in [2.45, 2.75) is 93.5 Å². The molecule has 0 radical (unpaired) electrons. The maximum atomic E-state index is 13.7. The molecule has 8 heteroatoms. The largest absolute Gasteiger partial charge is 0.871 e. The number of Topliss-reactive ketones (excluding diaryl/α,β-unsaturated/α-hetero) is 1. The Balaban J connectivity index is 1.47. The molecule has 0 fully saturated rings. The minimum Gasteiger partial charge on any atom is -0.871 e. The molecule has 56 heavy (non-hydrogen) atoms. The molecule has 2 aliphatic rings. The number of anilines is 2. The summed E-state index contributed by atoms with van der Waals surface area (Å²) in [6, 6.07) is 19.2. The minimum atomic E-state index is -0.481. The third-order valence-corrected chi connectivity index (χ3v) is 10.5. The Hall–Kier alpha value is -6.02. The molecular weight excluding hydrogens is 701 g/mol. The van der Waals surface area contributed by atoms with Gasteiger partial charge in [-0.3, -0.25) is 4.79 Å². The van der Waals surface area contributed by atoms with Crippen molar-refractivity contribution < 1.29 is 33.5 Å². The van der Waals surface area contributed by atoms with Gasteiger partial charge in [0.1, 0.15) is 6.10 Å². The first kappa shape index (κ1) is 41.1. The number of carbonyl (C=O) groups is 3. The summed E-state index contributed by atoms with van der Waals surface area (Å²) in [4.78, 5) is 40.6. The van der Waals surface area contributed by atoms with Gasteiger partial charge in [-0.1, -0.05) is 60.4 Å². The van der Waals surface area contributed by atoms with Crippen LogP contribution in [0.3, 0.4) is 0 Å². The van der Waals surface area contributed by atoms with E-state index in [1.807, 2.05) is 104 Å². The van der Waals surface area contributed by atoms with Gasteiger partial charge in [0.25, 0.3) is 0 Å². The zero-order valence-electron chi connectivity index (χ0n) is 34.2. The van der Waals surface area contributed by atoms with Gasteiger partial charge in [-0.05, 0) is 115 Å². The molecular formula is C48H52N2O6. The van der Waals surface area contributed by atoms with E-state index in [9.17, 15) is 19.5 Å². The number of benzene rings is 3. The van der Waals surface area contributed by atoms with Gasteiger partial charge in [0.15, 0.2) is 17.9 Å². The third kappa shape index (κ3) is 8.45. The predicted molar refractivity (Wildman–Crippen MR) is 222 cm³/mol. The van der Waals surface area contributed by atoms with Crippen molar-refractivity contribution in [3.63, 3.8) is 0 Å². The Bertz CT molecular complexity index is 2270. The van der Waals surface area contributed by atoms with Gasteiger partial charge in [0, 0.05) is 64.4 Å². The van der Waals surface area contributed by atoms with Crippen LogP contribution in [0.4, 0.5) is 17.1 Å². The number of rotatable bonds is 12. The Morgan fingerprint density at radius 3 is 1.77 bits per heavy atom. The highest BCUT2D eigenvalue weighted by molar-refractivity contribution is 6.39. The lowest BCUT2D eigenvalue weighted by atomic mass is 9.80. The lowest BCUT2D eigenvalue weighted by Crippen LogP contribution is -2.40. The summed E-state index contributed by atoms with van der Waals surface area (Å²) < 4.78 is 13.6. The summed E-state index contributed by atoms with van der Waals surface area (Å²) >= 11 is 0. The van der Waals surface area contributed by atoms with Crippen molar-refractivity contribution in [1.29, 1.82) is 0 Å². The van der Waals surface area contributed by atoms with Gasteiger partial charge in [-0.2, -0.15) is 4.58 Å². The smallest absolute Gasteiger partial charge is 0.333 e. The Morgan fingerprint density at radius 1 is 0.714 bits per heavy atom. The van der Waals surface area contributed by atoms with Crippen LogP contribution in [0.2, 0.25) is 0 Å². The van der Waals surface area contributed by atoms with Gasteiger partial charge in [0.2, 0.25) is 11.4 Å². The van der Waals surface area contributed by atoms with Crippen LogP contribution in [0.25, 0.3) is 5.57 Å². The summed E-state index contributed by atoms with van der Waals surface area (Å²) in [5.74, 6) is -1.53. The summed E-state index contributed by atoms with van der Waals surface area (Å²) in [5, 5.41) is 13.7. The average Bonchev–Trinajstić information content (AvgIpc) is 3.14. The first-order valence-corrected chi connectivity index (χ1v) is 18.9. The van der Waals surface area contributed by atoms with E-state index < -0.39 is 24.1 Å². The first-order chi connectivity index (χ1) is 26.4. The van der Waals surface area contributed by atoms with Crippen molar-refractivity contribution in [3.8, 4) is 0 Å². The quantitative estimate of drug-likeness (QED) is 0.104. The maximum absolute atomic E-state index is 13.7. The molecule has 8 nitrogen and oxygen atoms in total. The molecule has 0 aromatic heterocycles. The number of hydrogen-bond donors (Lipinski definition) is 0.